The fourth-order valence-corrected chi connectivity index (χ4v) is 2.77. The number of carbonyl (C=O) groups is 1. The van der Waals surface area contributed by atoms with E-state index in [1.165, 1.54) is 24.3 Å². The third-order valence-electron chi connectivity index (χ3n) is 3.89. The number of non-ortho nitro benzene ring substituents is 1. The number of hydrogen-bond donors (Lipinski definition) is 1. The maximum atomic E-state index is 12.7. The van der Waals surface area contributed by atoms with E-state index in [4.69, 9.17) is 16.4 Å². The van der Waals surface area contributed by atoms with Gasteiger partial charge in [0.2, 0.25) is 0 Å². The van der Waals surface area contributed by atoms with Gasteiger partial charge in [-0.25, -0.2) is 0 Å². The zero-order valence-corrected chi connectivity index (χ0v) is 14.8. The molecule has 1 amide bonds. The SMILES string of the molecule is O=C(c1ccc([N+](=O)[O-])cc1)N(CCO)Oc1c(Cl)ccc2ccccc12. The Morgan fingerprint density at radius 1 is 1.11 bits per heavy atom. The molecule has 0 atom stereocenters. The lowest BCUT2D eigenvalue weighted by Crippen LogP contribution is -2.36. The molecule has 0 bridgehead atoms. The Labute approximate surface area is 159 Å². The molecule has 0 heterocycles. The minimum Gasteiger partial charge on any atom is -0.394 e. The molecule has 0 aliphatic carbocycles. The van der Waals surface area contributed by atoms with Crippen LogP contribution in [0.4, 0.5) is 5.69 Å². The van der Waals surface area contributed by atoms with E-state index < -0.39 is 10.8 Å². The molecule has 0 saturated heterocycles. The van der Waals surface area contributed by atoms with Crippen molar-refractivity contribution < 1.29 is 19.7 Å². The lowest BCUT2D eigenvalue weighted by Gasteiger charge is -2.23. The summed E-state index contributed by atoms with van der Waals surface area (Å²) < 4.78 is 0. The van der Waals surface area contributed by atoms with Crippen LogP contribution in [0, 0.1) is 10.1 Å². The number of hydrogen-bond acceptors (Lipinski definition) is 5. The molecule has 3 aromatic carbocycles. The Hall–Kier alpha value is -3.16. The number of nitrogens with zero attached hydrogens (tertiary/aromatic N) is 2. The summed E-state index contributed by atoms with van der Waals surface area (Å²) in [5.74, 6) is -0.263. The number of hydroxylamine groups is 2. The molecule has 0 radical (unpaired) electrons. The molecule has 7 nitrogen and oxygen atoms in total. The summed E-state index contributed by atoms with van der Waals surface area (Å²) in [4.78, 5) is 28.7. The predicted molar refractivity (Wildman–Crippen MR) is 101 cm³/mol. The number of aliphatic hydroxyl groups is 1. The van der Waals surface area contributed by atoms with Crippen molar-refractivity contribution in [3.8, 4) is 5.75 Å². The van der Waals surface area contributed by atoms with Gasteiger partial charge in [0.05, 0.1) is 23.1 Å². The van der Waals surface area contributed by atoms with E-state index in [-0.39, 0.29) is 24.4 Å². The fourth-order valence-electron chi connectivity index (χ4n) is 2.57. The number of nitro groups is 1. The van der Waals surface area contributed by atoms with Crippen molar-refractivity contribution in [2.24, 2.45) is 0 Å². The highest BCUT2D eigenvalue weighted by atomic mass is 35.5. The minimum atomic E-state index is -0.553. The zero-order valence-electron chi connectivity index (χ0n) is 14.0. The Balaban J connectivity index is 1.93. The summed E-state index contributed by atoms with van der Waals surface area (Å²) in [5.41, 5.74) is 0.0590. The van der Waals surface area contributed by atoms with Crippen molar-refractivity contribution in [3.63, 3.8) is 0 Å². The average molecular weight is 387 g/mol. The van der Waals surface area contributed by atoms with Gasteiger partial charge in [-0.3, -0.25) is 14.9 Å². The van der Waals surface area contributed by atoms with Crippen LogP contribution >= 0.6 is 11.6 Å². The monoisotopic (exact) mass is 386 g/mol. The molecule has 0 fully saturated rings. The van der Waals surface area contributed by atoms with Gasteiger partial charge in [-0.2, -0.15) is 5.06 Å². The third kappa shape index (κ3) is 3.99. The van der Waals surface area contributed by atoms with Gasteiger partial charge in [0.1, 0.15) is 0 Å². The first-order valence-electron chi connectivity index (χ1n) is 8.03. The first-order valence-corrected chi connectivity index (χ1v) is 8.41. The first kappa shape index (κ1) is 18.6. The number of rotatable bonds is 6. The smallest absolute Gasteiger partial charge is 0.286 e. The van der Waals surface area contributed by atoms with Crippen LogP contribution in [0.2, 0.25) is 5.02 Å². The number of halogens is 1. The Morgan fingerprint density at radius 3 is 2.48 bits per heavy atom. The van der Waals surface area contributed by atoms with Gasteiger partial charge < -0.3 is 9.94 Å². The highest BCUT2D eigenvalue weighted by Crippen LogP contribution is 2.34. The number of benzene rings is 3. The molecular formula is C19H15ClN2O5. The molecule has 0 spiro atoms. The molecular weight excluding hydrogens is 372 g/mol. The summed E-state index contributed by atoms with van der Waals surface area (Å²) >= 11 is 6.25. The van der Waals surface area contributed by atoms with Crippen LogP contribution in [0.5, 0.6) is 5.75 Å². The van der Waals surface area contributed by atoms with Crippen molar-refractivity contribution >= 4 is 34.0 Å². The molecule has 3 rings (SSSR count). The van der Waals surface area contributed by atoms with Gasteiger partial charge >= 0.3 is 0 Å². The van der Waals surface area contributed by atoms with Crippen LogP contribution in [0.25, 0.3) is 10.8 Å². The van der Waals surface area contributed by atoms with Gasteiger partial charge in [0.25, 0.3) is 11.6 Å². The molecule has 138 valence electrons. The second kappa shape index (κ2) is 8.03. The largest absolute Gasteiger partial charge is 0.394 e. The summed E-state index contributed by atoms with van der Waals surface area (Å²) in [6.45, 7) is -0.434. The van der Waals surface area contributed by atoms with E-state index in [2.05, 4.69) is 0 Å². The van der Waals surface area contributed by atoms with Gasteiger partial charge in [-0.05, 0) is 23.6 Å². The summed E-state index contributed by atoms with van der Waals surface area (Å²) in [6.07, 6.45) is 0. The lowest BCUT2D eigenvalue weighted by molar-refractivity contribution is -0.384. The molecule has 8 heteroatoms. The molecule has 1 N–H and O–H groups in total. The fraction of sp³-hybridized carbons (Fsp3) is 0.105. The summed E-state index contributed by atoms with van der Waals surface area (Å²) in [7, 11) is 0. The third-order valence-corrected chi connectivity index (χ3v) is 4.19. The highest BCUT2D eigenvalue weighted by molar-refractivity contribution is 6.33. The van der Waals surface area contributed by atoms with Crippen molar-refractivity contribution in [1.82, 2.24) is 5.06 Å². The molecule has 27 heavy (non-hydrogen) atoms. The van der Waals surface area contributed by atoms with Gasteiger partial charge in [-0.15, -0.1) is 0 Å². The zero-order chi connectivity index (χ0) is 19.4. The topological polar surface area (TPSA) is 92.9 Å². The first-order chi connectivity index (χ1) is 13.0. The van der Waals surface area contributed by atoms with Crippen molar-refractivity contribution in [2.45, 2.75) is 0 Å². The van der Waals surface area contributed by atoms with Gasteiger partial charge in [0.15, 0.2) is 5.75 Å². The minimum absolute atomic E-state index is 0.102. The van der Waals surface area contributed by atoms with Crippen LogP contribution < -0.4 is 4.84 Å². The highest BCUT2D eigenvalue weighted by Gasteiger charge is 2.21. The number of amides is 1. The molecule has 0 saturated carbocycles. The Kier molecular flexibility index (Phi) is 5.54. The van der Waals surface area contributed by atoms with E-state index >= 15 is 0 Å². The summed E-state index contributed by atoms with van der Waals surface area (Å²) in [6, 6.07) is 16.0. The maximum absolute atomic E-state index is 12.7. The van der Waals surface area contributed by atoms with E-state index in [1.807, 2.05) is 30.3 Å². The normalized spacial score (nSPS) is 10.6. The van der Waals surface area contributed by atoms with Crippen LogP contribution in [0.1, 0.15) is 10.4 Å². The van der Waals surface area contributed by atoms with E-state index in [1.54, 1.807) is 6.07 Å². The van der Waals surface area contributed by atoms with Crippen LogP contribution in [-0.4, -0.2) is 34.2 Å². The van der Waals surface area contributed by atoms with Crippen LogP contribution in [-0.2, 0) is 0 Å². The van der Waals surface area contributed by atoms with E-state index in [0.717, 1.165) is 10.4 Å². The molecule has 0 aliphatic heterocycles. The number of nitro benzene ring substituents is 1. The Morgan fingerprint density at radius 2 is 1.81 bits per heavy atom. The van der Waals surface area contributed by atoms with Crippen LogP contribution in [0.3, 0.4) is 0 Å². The predicted octanol–water partition coefficient (Wildman–Crippen LogP) is 3.83. The molecule has 0 aliphatic rings. The molecule has 0 aromatic heterocycles. The number of aliphatic hydroxyl groups excluding tert-OH is 1. The molecule has 3 aromatic rings. The van der Waals surface area contributed by atoms with Gasteiger partial charge in [0, 0.05) is 23.1 Å². The lowest BCUT2D eigenvalue weighted by atomic mass is 10.1. The second-order valence-corrected chi connectivity index (χ2v) is 6.03. The van der Waals surface area contributed by atoms with Crippen molar-refractivity contribution in [2.75, 3.05) is 13.2 Å². The standard InChI is InChI=1S/C19H15ClN2O5/c20-17-10-7-13-3-1-2-4-16(13)18(17)27-21(11-12-23)19(24)14-5-8-15(9-6-14)22(25)26/h1-10,23H,11-12H2. The molecule has 0 unspecified atom stereocenters. The number of carbonyl (C=O) groups excluding carboxylic acids is 1. The van der Waals surface area contributed by atoms with E-state index in [0.29, 0.717) is 16.2 Å². The van der Waals surface area contributed by atoms with Crippen molar-refractivity contribution in [1.29, 1.82) is 0 Å². The Bertz CT molecular complexity index is 991. The van der Waals surface area contributed by atoms with Gasteiger partial charge in [-0.1, -0.05) is 41.9 Å². The number of fused-ring (bicyclic) bond motifs is 1. The maximum Gasteiger partial charge on any atom is 0.286 e. The quantitative estimate of drug-likeness (QED) is 0.513. The van der Waals surface area contributed by atoms with E-state index in [9.17, 15) is 20.0 Å². The second-order valence-electron chi connectivity index (χ2n) is 5.62. The van der Waals surface area contributed by atoms with Crippen molar-refractivity contribution in [3.05, 3.63) is 81.4 Å². The van der Waals surface area contributed by atoms with Crippen LogP contribution in [0.15, 0.2) is 60.7 Å². The summed E-state index contributed by atoms with van der Waals surface area (Å²) in [5, 5.41) is 23.0. The average Bonchev–Trinajstić information content (AvgIpc) is 2.69.